The number of hydrogen-bond acceptors (Lipinski definition) is 1. The third kappa shape index (κ3) is 1.48. The van der Waals surface area contributed by atoms with Gasteiger partial charge in [0.2, 0.25) is 0 Å². The van der Waals surface area contributed by atoms with Crippen LogP contribution >= 0.6 is 0 Å². The molecule has 0 atom stereocenters. The van der Waals surface area contributed by atoms with Crippen LogP contribution in [0.1, 0.15) is 33.6 Å². The average molecular weight is 153 g/mol. The lowest BCUT2D eigenvalue weighted by Gasteiger charge is -2.40. The van der Waals surface area contributed by atoms with Gasteiger partial charge in [-0.3, -0.25) is 4.90 Å². The first-order valence-electron chi connectivity index (χ1n) is 4.49. The Hall–Kier alpha value is -0.300. The van der Waals surface area contributed by atoms with E-state index >= 15 is 0 Å². The van der Waals surface area contributed by atoms with E-state index in [1.807, 2.05) is 0 Å². The molecule has 0 N–H and O–H groups in total. The van der Waals surface area contributed by atoms with Crippen LogP contribution < -0.4 is 0 Å². The van der Waals surface area contributed by atoms with Gasteiger partial charge in [0.15, 0.2) is 0 Å². The van der Waals surface area contributed by atoms with Gasteiger partial charge in [-0.25, -0.2) is 0 Å². The SMILES string of the molecule is CCC1=CCCN(C)C1(C)C. The van der Waals surface area contributed by atoms with E-state index in [1.165, 1.54) is 19.4 Å². The third-order valence-electron chi connectivity index (χ3n) is 2.98. The fraction of sp³-hybridized carbons (Fsp3) is 0.800. The summed E-state index contributed by atoms with van der Waals surface area (Å²) in [5, 5.41) is 0. The maximum atomic E-state index is 2.44. The number of rotatable bonds is 1. The second-order valence-electron chi connectivity index (χ2n) is 3.85. The molecule has 1 nitrogen and oxygen atoms in total. The highest BCUT2D eigenvalue weighted by atomic mass is 15.2. The molecular formula is C10H19N. The molecule has 0 radical (unpaired) electrons. The van der Waals surface area contributed by atoms with Crippen LogP contribution in [0.15, 0.2) is 11.6 Å². The van der Waals surface area contributed by atoms with Crippen molar-refractivity contribution in [3.63, 3.8) is 0 Å². The summed E-state index contributed by atoms with van der Waals surface area (Å²) in [6, 6.07) is 0. The Morgan fingerprint density at radius 1 is 1.55 bits per heavy atom. The van der Waals surface area contributed by atoms with Crippen molar-refractivity contribution in [2.75, 3.05) is 13.6 Å². The Balaban J connectivity index is 2.84. The van der Waals surface area contributed by atoms with Crippen molar-refractivity contribution in [3.05, 3.63) is 11.6 Å². The minimum atomic E-state index is 0.299. The summed E-state index contributed by atoms with van der Waals surface area (Å²) in [5.41, 5.74) is 1.89. The maximum absolute atomic E-state index is 2.44. The van der Waals surface area contributed by atoms with Crippen molar-refractivity contribution in [2.45, 2.75) is 39.2 Å². The standard InChI is InChI=1S/C10H19N/c1-5-9-7-6-8-11(4)10(9,2)3/h7H,5-6,8H2,1-4H3. The molecule has 0 saturated heterocycles. The molecule has 1 heterocycles. The van der Waals surface area contributed by atoms with E-state index in [9.17, 15) is 0 Å². The molecule has 1 heteroatoms. The zero-order chi connectivity index (χ0) is 8.48. The van der Waals surface area contributed by atoms with Crippen molar-refractivity contribution in [2.24, 2.45) is 0 Å². The lowest BCUT2D eigenvalue weighted by atomic mass is 9.87. The molecule has 0 bridgehead atoms. The summed E-state index contributed by atoms with van der Waals surface area (Å²) in [5.74, 6) is 0. The van der Waals surface area contributed by atoms with Gasteiger partial charge < -0.3 is 0 Å². The van der Waals surface area contributed by atoms with E-state index in [0.29, 0.717) is 5.54 Å². The highest BCUT2D eigenvalue weighted by molar-refractivity contribution is 5.19. The van der Waals surface area contributed by atoms with Gasteiger partial charge in [-0.05, 0) is 33.7 Å². The highest BCUT2D eigenvalue weighted by Crippen LogP contribution is 2.29. The van der Waals surface area contributed by atoms with E-state index in [0.717, 1.165) is 0 Å². The zero-order valence-corrected chi connectivity index (χ0v) is 8.15. The van der Waals surface area contributed by atoms with E-state index in [1.54, 1.807) is 5.57 Å². The quantitative estimate of drug-likeness (QED) is 0.523. The summed E-state index contributed by atoms with van der Waals surface area (Å²) >= 11 is 0. The molecule has 0 aromatic rings. The summed E-state index contributed by atoms with van der Waals surface area (Å²) in [4.78, 5) is 2.44. The lowest BCUT2D eigenvalue weighted by molar-refractivity contribution is 0.179. The minimum absolute atomic E-state index is 0.299. The number of hydrogen-bond donors (Lipinski definition) is 0. The normalized spacial score (nSPS) is 24.9. The smallest absolute Gasteiger partial charge is 0.0361 e. The summed E-state index contributed by atoms with van der Waals surface area (Å²) in [7, 11) is 2.21. The monoisotopic (exact) mass is 153 g/mol. The molecule has 11 heavy (non-hydrogen) atoms. The summed E-state index contributed by atoms with van der Waals surface area (Å²) < 4.78 is 0. The topological polar surface area (TPSA) is 3.24 Å². The van der Waals surface area contributed by atoms with Crippen molar-refractivity contribution >= 4 is 0 Å². The molecule has 0 aromatic heterocycles. The second-order valence-corrected chi connectivity index (χ2v) is 3.85. The maximum Gasteiger partial charge on any atom is 0.0361 e. The van der Waals surface area contributed by atoms with E-state index in [-0.39, 0.29) is 0 Å². The molecule has 1 aliphatic heterocycles. The molecular weight excluding hydrogens is 134 g/mol. The van der Waals surface area contributed by atoms with Crippen LogP contribution in [0, 0.1) is 0 Å². The largest absolute Gasteiger partial charge is 0.297 e. The predicted octanol–water partition coefficient (Wildman–Crippen LogP) is 2.44. The first-order valence-corrected chi connectivity index (χ1v) is 4.49. The van der Waals surface area contributed by atoms with Crippen molar-refractivity contribution in [3.8, 4) is 0 Å². The molecule has 0 unspecified atom stereocenters. The molecule has 0 fully saturated rings. The van der Waals surface area contributed by atoms with Crippen LogP contribution in [-0.2, 0) is 0 Å². The van der Waals surface area contributed by atoms with Gasteiger partial charge in [-0.2, -0.15) is 0 Å². The molecule has 0 spiro atoms. The van der Waals surface area contributed by atoms with Crippen molar-refractivity contribution < 1.29 is 0 Å². The first-order chi connectivity index (χ1) is 5.09. The summed E-state index contributed by atoms with van der Waals surface area (Å²) in [6.45, 7) is 8.06. The molecule has 1 rings (SSSR count). The van der Waals surface area contributed by atoms with Crippen molar-refractivity contribution in [1.82, 2.24) is 4.90 Å². The zero-order valence-electron chi connectivity index (χ0n) is 8.15. The van der Waals surface area contributed by atoms with Gasteiger partial charge in [0.25, 0.3) is 0 Å². The Labute approximate surface area is 70.1 Å². The van der Waals surface area contributed by atoms with Crippen LogP contribution in [0.25, 0.3) is 0 Å². The van der Waals surface area contributed by atoms with Gasteiger partial charge >= 0.3 is 0 Å². The van der Waals surface area contributed by atoms with E-state index < -0.39 is 0 Å². The third-order valence-corrected chi connectivity index (χ3v) is 2.98. The first kappa shape index (κ1) is 8.79. The number of nitrogens with zero attached hydrogens (tertiary/aromatic N) is 1. The second kappa shape index (κ2) is 2.98. The van der Waals surface area contributed by atoms with Gasteiger partial charge in [-0.15, -0.1) is 0 Å². The number of likely N-dealkylation sites (N-methyl/N-ethyl adjacent to an activating group) is 1. The Bertz CT molecular complexity index is 168. The molecule has 0 aromatic carbocycles. The van der Waals surface area contributed by atoms with Gasteiger partial charge in [0.05, 0.1) is 0 Å². The van der Waals surface area contributed by atoms with E-state index in [2.05, 4.69) is 38.8 Å². The van der Waals surface area contributed by atoms with Gasteiger partial charge in [0, 0.05) is 12.1 Å². The predicted molar refractivity (Wildman–Crippen MR) is 49.7 cm³/mol. The van der Waals surface area contributed by atoms with E-state index in [4.69, 9.17) is 0 Å². The molecule has 0 saturated carbocycles. The van der Waals surface area contributed by atoms with Crippen molar-refractivity contribution in [1.29, 1.82) is 0 Å². The molecule has 0 amide bonds. The highest BCUT2D eigenvalue weighted by Gasteiger charge is 2.28. The van der Waals surface area contributed by atoms with Crippen LogP contribution in [0.4, 0.5) is 0 Å². The lowest BCUT2D eigenvalue weighted by Crippen LogP contribution is -2.45. The van der Waals surface area contributed by atoms with Gasteiger partial charge in [0.1, 0.15) is 0 Å². The minimum Gasteiger partial charge on any atom is -0.297 e. The average Bonchev–Trinajstić information content (AvgIpc) is 1.95. The molecule has 0 aliphatic carbocycles. The fourth-order valence-corrected chi connectivity index (χ4v) is 1.78. The molecule has 64 valence electrons. The molecule has 1 aliphatic rings. The van der Waals surface area contributed by atoms with Crippen LogP contribution in [0.5, 0.6) is 0 Å². The Morgan fingerprint density at radius 2 is 2.18 bits per heavy atom. The van der Waals surface area contributed by atoms with Crippen LogP contribution in [-0.4, -0.2) is 24.0 Å². The van der Waals surface area contributed by atoms with Crippen LogP contribution in [0.3, 0.4) is 0 Å². The summed E-state index contributed by atoms with van der Waals surface area (Å²) in [6.07, 6.45) is 4.82. The Kier molecular flexibility index (Phi) is 2.38. The van der Waals surface area contributed by atoms with Crippen LogP contribution in [0.2, 0.25) is 0 Å². The van der Waals surface area contributed by atoms with Gasteiger partial charge in [-0.1, -0.05) is 18.6 Å². The fourth-order valence-electron chi connectivity index (χ4n) is 1.78. The Morgan fingerprint density at radius 3 is 2.64 bits per heavy atom.